The highest BCUT2D eigenvalue weighted by Gasteiger charge is 2.30. The molecule has 0 aromatic carbocycles. The van der Waals surface area contributed by atoms with Crippen LogP contribution in [0, 0.1) is 5.92 Å². The topological polar surface area (TPSA) is 29.9 Å². The summed E-state index contributed by atoms with van der Waals surface area (Å²) in [7, 11) is 0. The number of halogens is 1. The zero-order valence-electron chi connectivity index (χ0n) is 13.9. The van der Waals surface area contributed by atoms with E-state index in [0.29, 0.717) is 23.9 Å². The first kappa shape index (κ1) is 16.8. The normalized spacial score (nSPS) is 23.8. The quantitative estimate of drug-likeness (QED) is 0.793. The highest BCUT2D eigenvalue weighted by Crippen LogP contribution is 2.40. The van der Waals surface area contributed by atoms with Gasteiger partial charge in [-0.3, -0.25) is 4.68 Å². The number of nitrogens with one attached hydrogen (secondary N) is 1. The predicted octanol–water partition coefficient (Wildman–Crippen LogP) is 4.78. The van der Waals surface area contributed by atoms with Gasteiger partial charge in [-0.2, -0.15) is 5.10 Å². The number of hydrogen-bond donors (Lipinski definition) is 1. The first-order valence-corrected chi connectivity index (χ1v) is 8.84. The standard InChI is InChI=1S/C17H30ClN3/c1-12(2)19-10-14-8-6-5-7-9-15(14)17-16(18)11-20-21(17)13(3)4/h11-15,19H,5-10H2,1-4H3. The summed E-state index contributed by atoms with van der Waals surface area (Å²) in [6.45, 7) is 9.89. The molecule has 0 aliphatic heterocycles. The van der Waals surface area contributed by atoms with Crippen LogP contribution in [0.25, 0.3) is 0 Å². The molecule has 2 rings (SSSR count). The lowest BCUT2D eigenvalue weighted by Gasteiger charge is -2.28. The van der Waals surface area contributed by atoms with E-state index in [2.05, 4.69) is 42.8 Å². The van der Waals surface area contributed by atoms with Gasteiger partial charge in [-0.15, -0.1) is 0 Å². The summed E-state index contributed by atoms with van der Waals surface area (Å²) in [6.07, 6.45) is 8.36. The van der Waals surface area contributed by atoms with Gasteiger partial charge in [0, 0.05) is 18.0 Å². The van der Waals surface area contributed by atoms with Gasteiger partial charge < -0.3 is 5.32 Å². The van der Waals surface area contributed by atoms with Crippen LogP contribution in [-0.4, -0.2) is 22.4 Å². The van der Waals surface area contributed by atoms with Crippen LogP contribution in [0.2, 0.25) is 5.02 Å². The fourth-order valence-corrected chi connectivity index (χ4v) is 3.76. The van der Waals surface area contributed by atoms with Gasteiger partial charge in [0.2, 0.25) is 0 Å². The predicted molar refractivity (Wildman–Crippen MR) is 90.1 cm³/mol. The van der Waals surface area contributed by atoms with Gasteiger partial charge >= 0.3 is 0 Å². The summed E-state index contributed by atoms with van der Waals surface area (Å²) in [4.78, 5) is 0. The van der Waals surface area contributed by atoms with Crippen molar-refractivity contribution < 1.29 is 0 Å². The van der Waals surface area contributed by atoms with Gasteiger partial charge in [0.05, 0.1) is 16.9 Å². The van der Waals surface area contributed by atoms with E-state index >= 15 is 0 Å². The van der Waals surface area contributed by atoms with Gasteiger partial charge in [0.15, 0.2) is 0 Å². The van der Waals surface area contributed by atoms with Crippen LogP contribution in [0.15, 0.2) is 6.20 Å². The SMILES string of the molecule is CC(C)NCC1CCCCCC1c1c(Cl)cnn1C(C)C. The third kappa shape index (κ3) is 4.23. The van der Waals surface area contributed by atoms with E-state index in [1.54, 1.807) is 0 Å². The maximum atomic E-state index is 6.50. The average molecular weight is 312 g/mol. The van der Waals surface area contributed by atoms with Crippen molar-refractivity contribution in [2.45, 2.75) is 77.8 Å². The van der Waals surface area contributed by atoms with Crippen LogP contribution in [0.1, 0.15) is 77.5 Å². The molecule has 4 heteroatoms. The highest BCUT2D eigenvalue weighted by atomic mass is 35.5. The van der Waals surface area contributed by atoms with Crippen LogP contribution >= 0.6 is 11.6 Å². The van der Waals surface area contributed by atoms with Gasteiger partial charge in [-0.25, -0.2) is 0 Å². The van der Waals surface area contributed by atoms with Crippen LogP contribution in [0.3, 0.4) is 0 Å². The summed E-state index contributed by atoms with van der Waals surface area (Å²) in [5, 5.41) is 9.00. The van der Waals surface area contributed by atoms with E-state index in [-0.39, 0.29) is 0 Å². The molecule has 1 aliphatic rings. The molecule has 0 saturated heterocycles. The molecule has 1 aromatic rings. The molecule has 21 heavy (non-hydrogen) atoms. The van der Waals surface area contributed by atoms with Crippen molar-refractivity contribution in [1.82, 2.24) is 15.1 Å². The van der Waals surface area contributed by atoms with Crippen LogP contribution in [0.5, 0.6) is 0 Å². The largest absolute Gasteiger partial charge is 0.314 e. The van der Waals surface area contributed by atoms with E-state index in [1.165, 1.54) is 37.8 Å². The second-order valence-electron chi connectivity index (χ2n) is 6.98. The smallest absolute Gasteiger partial charge is 0.0820 e. The molecule has 0 spiro atoms. The van der Waals surface area contributed by atoms with Gasteiger partial charge in [-0.05, 0) is 39.2 Å². The molecular formula is C17H30ClN3. The Bertz CT molecular complexity index is 439. The van der Waals surface area contributed by atoms with Crippen molar-refractivity contribution >= 4 is 11.6 Å². The monoisotopic (exact) mass is 311 g/mol. The van der Waals surface area contributed by atoms with Crippen molar-refractivity contribution in [1.29, 1.82) is 0 Å². The van der Waals surface area contributed by atoms with Crippen molar-refractivity contribution in [3.05, 3.63) is 16.9 Å². The molecule has 2 atom stereocenters. The molecule has 0 amide bonds. The molecule has 3 nitrogen and oxygen atoms in total. The second-order valence-corrected chi connectivity index (χ2v) is 7.39. The molecule has 1 aliphatic carbocycles. The Morgan fingerprint density at radius 1 is 1.24 bits per heavy atom. The molecular weight excluding hydrogens is 282 g/mol. The zero-order valence-corrected chi connectivity index (χ0v) is 14.7. The lowest BCUT2D eigenvalue weighted by molar-refractivity contribution is 0.340. The molecule has 1 heterocycles. The molecule has 1 fully saturated rings. The first-order chi connectivity index (χ1) is 10.0. The van der Waals surface area contributed by atoms with Crippen molar-refractivity contribution in [2.24, 2.45) is 5.92 Å². The van der Waals surface area contributed by atoms with Crippen LogP contribution < -0.4 is 5.32 Å². The average Bonchev–Trinajstić information content (AvgIpc) is 2.67. The summed E-state index contributed by atoms with van der Waals surface area (Å²) in [5.41, 5.74) is 1.27. The molecule has 1 N–H and O–H groups in total. The van der Waals surface area contributed by atoms with Crippen molar-refractivity contribution in [3.63, 3.8) is 0 Å². The minimum atomic E-state index is 0.370. The van der Waals surface area contributed by atoms with E-state index < -0.39 is 0 Å². The fraction of sp³-hybridized carbons (Fsp3) is 0.824. The van der Waals surface area contributed by atoms with Gasteiger partial charge in [0.1, 0.15) is 0 Å². The van der Waals surface area contributed by atoms with E-state index in [0.717, 1.165) is 11.6 Å². The summed E-state index contributed by atoms with van der Waals surface area (Å²) < 4.78 is 2.14. The number of hydrogen-bond acceptors (Lipinski definition) is 2. The van der Waals surface area contributed by atoms with E-state index in [1.807, 2.05) is 6.20 Å². The Morgan fingerprint density at radius 3 is 2.62 bits per heavy atom. The first-order valence-electron chi connectivity index (χ1n) is 8.47. The number of aromatic nitrogens is 2. The molecule has 0 bridgehead atoms. The minimum Gasteiger partial charge on any atom is -0.314 e. The Kier molecular flexibility index (Phi) is 6.12. The molecule has 1 saturated carbocycles. The van der Waals surface area contributed by atoms with Crippen molar-refractivity contribution in [3.8, 4) is 0 Å². The van der Waals surface area contributed by atoms with E-state index in [9.17, 15) is 0 Å². The van der Waals surface area contributed by atoms with Crippen molar-refractivity contribution in [2.75, 3.05) is 6.54 Å². The molecule has 1 aromatic heterocycles. The fourth-order valence-electron chi connectivity index (χ4n) is 3.48. The van der Waals surface area contributed by atoms with Gasteiger partial charge in [0.25, 0.3) is 0 Å². The summed E-state index contributed by atoms with van der Waals surface area (Å²) in [6, 6.07) is 0.911. The number of rotatable bonds is 5. The summed E-state index contributed by atoms with van der Waals surface area (Å²) >= 11 is 6.50. The molecule has 0 radical (unpaired) electrons. The number of nitrogens with zero attached hydrogens (tertiary/aromatic N) is 2. The summed E-state index contributed by atoms with van der Waals surface area (Å²) in [5.74, 6) is 1.21. The Morgan fingerprint density at radius 2 is 1.95 bits per heavy atom. The minimum absolute atomic E-state index is 0.370. The Balaban J connectivity index is 2.25. The lowest BCUT2D eigenvalue weighted by Crippen LogP contribution is -2.32. The van der Waals surface area contributed by atoms with Crippen LogP contribution in [-0.2, 0) is 0 Å². The third-order valence-corrected chi connectivity index (χ3v) is 4.87. The third-order valence-electron chi connectivity index (χ3n) is 4.57. The maximum Gasteiger partial charge on any atom is 0.0820 e. The van der Waals surface area contributed by atoms with Crippen LogP contribution in [0.4, 0.5) is 0 Å². The Labute approximate surface area is 134 Å². The zero-order chi connectivity index (χ0) is 15.4. The molecule has 2 unspecified atom stereocenters. The maximum absolute atomic E-state index is 6.50. The lowest BCUT2D eigenvalue weighted by atomic mass is 9.85. The second kappa shape index (κ2) is 7.64. The molecule has 120 valence electrons. The Hall–Kier alpha value is -0.540. The highest BCUT2D eigenvalue weighted by molar-refractivity contribution is 6.31. The van der Waals surface area contributed by atoms with Gasteiger partial charge in [-0.1, -0.05) is 44.7 Å². The van der Waals surface area contributed by atoms with E-state index in [4.69, 9.17) is 11.6 Å².